The highest BCUT2D eigenvalue weighted by atomic mass is 16.1. The van der Waals surface area contributed by atoms with Gasteiger partial charge in [0.2, 0.25) is 0 Å². The van der Waals surface area contributed by atoms with Crippen LogP contribution in [-0.2, 0) is 4.79 Å². The number of pyridine rings is 1. The number of carbonyl (C=O) groups is 1. The van der Waals surface area contributed by atoms with E-state index in [1.807, 2.05) is 6.07 Å². The Balaban J connectivity index is 2.57. The van der Waals surface area contributed by atoms with Gasteiger partial charge in [0, 0.05) is 11.4 Å². The van der Waals surface area contributed by atoms with Crippen LogP contribution in [0.4, 0.5) is 0 Å². The van der Waals surface area contributed by atoms with Gasteiger partial charge in [-0.05, 0) is 12.1 Å². The van der Waals surface area contributed by atoms with E-state index in [2.05, 4.69) is 20.2 Å². The lowest BCUT2D eigenvalue weighted by Crippen LogP contribution is -2.35. The van der Waals surface area contributed by atoms with Gasteiger partial charge in [0.05, 0.1) is 11.8 Å². The zero-order valence-corrected chi connectivity index (χ0v) is 7.01. The van der Waals surface area contributed by atoms with Gasteiger partial charge in [-0.15, -0.1) is 5.11 Å². The number of rotatable bonds is 0. The fraction of sp³-hybridized carbons (Fsp3) is 0. The van der Waals surface area contributed by atoms with Gasteiger partial charge in [0.25, 0.3) is 5.91 Å². The highest BCUT2D eigenvalue weighted by Gasteiger charge is 2.22. The molecular formula is C9H4N4O. The Hall–Kier alpha value is -2.17. The van der Waals surface area contributed by atoms with Crippen molar-refractivity contribution in [2.45, 2.75) is 0 Å². The Labute approximate surface area is 78.2 Å². The Bertz CT molecular complexity index is 612. The SMILES string of the molecule is O=C1N=c2ncccc2=C2N=NC=C12. The fourth-order valence-electron chi connectivity index (χ4n) is 1.44. The minimum absolute atomic E-state index is 0.323. The number of hydrogen-bond donors (Lipinski definition) is 0. The van der Waals surface area contributed by atoms with Crippen LogP contribution >= 0.6 is 0 Å². The zero-order chi connectivity index (χ0) is 9.54. The number of nitrogens with zero attached hydrogens (tertiary/aromatic N) is 4. The highest BCUT2D eigenvalue weighted by Crippen LogP contribution is 2.20. The molecule has 5 nitrogen and oxygen atoms in total. The van der Waals surface area contributed by atoms with Crippen LogP contribution in [0.3, 0.4) is 0 Å². The second kappa shape index (κ2) is 2.41. The predicted molar refractivity (Wildman–Crippen MR) is 46.4 cm³/mol. The molecule has 66 valence electrons. The lowest BCUT2D eigenvalue weighted by molar-refractivity contribution is -0.114. The Morgan fingerprint density at radius 2 is 2.21 bits per heavy atom. The summed E-state index contributed by atoms with van der Waals surface area (Å²) in [5.74, 6) is -0.323. The summed E-state index contributed by atoms with van der Waals surface area (Å²) in [7, 11) is 0. The molecule has 0 spiro atoms. The molecule has 3 rings (SSSR count). The van der Waals surface area contributed by atoms with Crippen molar-refractivity contribution < 1.29 is 4.79 Å². The zero-order valence-electron chi connectivity index (χ0n) is 7.01. The van der Waals surface area contributed by atoms with Gasteiger partial charge in [-0.2, -0.15) is 10.1 Å². The predicted octanol–water partition coefficient (Wildman–Crippen LogP) is -0.301. The van der Waals surface area contributed by atoms with E-state index < -0.39 is 0 Å². The van der Waals surface area contributed by atoms with Crippen LogP contribution in [0.5, 0.6) is 0 Å². The molecule has 1 aromatic rings. The second-order valence-corrected chi connectivity index (χ2v) is 2.90. The average molecular weight is 184 g/mol. The molecule has 2 aliphatic heterocycles. The molecule has 0 saturated carbocycles. The third kappa shape index (κ3) is 0.806. The smallest absolute Gasteiger partial charge is 0.267 e. The standard InChI is InChI=1S/C9H4N4O/c14-9-6-4-11-13-7(6)5-2-1-3-10-8(5)12-9/h1-4H. The molecular weight excluding hydrogens is 180 g/mol. The van der Waals surface area contributed by atoms with E-state index in [1.165, 1.54) is 6.20 Å². The van der Waals surface area contributed by atoms with Gasteiger partial charge >= 0.3 is 0 Å². The topological polar surface area (TPSA) is 67.0 Å². The summed E-state index contributed by atoms with van der Waals surface area (Å²) in [6.45, 7) is 0. The molecule has 0 radical (unpaired) electrons. The molecule has 14 heavy (non-hydrogen) atoms. The molecule has 0 saturated heterocycles. The van der Waals surface area contributed by atoms with E-state index in [1.54, 1.807) is 12.3 Å². The number of amides is 1. The number of azo groups is 1. The van der Waals surface area contributed by atoms with Crippen molar-refractivity contribution in [1.29, 1.82) is 0 Å². The second-order valence-electron chi connectivity index (χ2n) is 2.90. The van der Waals surface area contributed by atoms with Crippen LogP contribution < -0.4 is 10.7 Å². The van der Waals surface area contributed by atoms with Crippen molar-refractivity contribution in [2.75, 3.05) is 0 Å². The third-order valence-electron chi connectivity index (χ3n) is 2.08. The molecule has 1 amide bonds. The van der Waals surface area contributed by atoms with Crippen LogP contribution in [0, 0.1) is 0 Å². The molecule has 0 aliphatic carbocycles. The molecule has 1 aromatic heterocycles. The normalized spacial score (nSPS) is 17.3. The van der Waals surface area contributed by atoms with Crippen molar-refractivity contribution in [1.82, 2.24) is 4.98 Å². The van der Waals surface area contributed by atoms with Crippen LogP contribution in [0.15, 0.2) is 45.3 Å². The molecule has 0 bridgehead atoms. The lowest BCUT2D eigenvalue weighted by atomic mass is 10.1. The quantitative estimate of drug-likeness (QED) is 0.555. The van der Waals surface area contributed by atoms with Crippen molar-refractivity contribution >= 4 is 11.6 Å². The average Bonchev–Trinajstić information content (AvgIpc) is 2.67. The summed E-state index contributed by atoms with van der Waals surface area (Å²) in [5, 5.41) is 8.34. The van der Waals surface area contributed by atoms with Crippen molar-refractivity contribution in [3.8, 4) is 0 Å². The Morgan fingerprint density at radius 3 is 3.14 bits per heavy atom. The molecule has 3 heterocycles. The van der Waals surface area contributed by atoms with Gasteiger partial charge in [-0.1, -0.05) is 0 Å². The maximum absolute atomic E-state index is 11.4. The monoisotopic (exact) mass is 184 g/mol. The van der Waals surface area contributed by atoms with E-state index in [0.717, 1.165) is 5.22 Å². The van der Waals surface area contributed by atoms with Crippen LogP contribution in [0.2, 0.25) is 0 Å². The van der Waals surface area contributed by atoms with Crippen molar-refractivity contribution in [3.05, 3.63) is 40.8 Å². The number of fused-ring (bicyclic) bond motifs is 2. The van der Waals surface area contributed by atoms with E-state index in [4.69, 9.17) is 0 Å². The molecule has 2 aliphatic rings. The lowest BCUT2D eigenvalue weighted by Gasteiger charge is -2.02. The first kappa shape index (κ1) is 7.25. The summed E-state index contributed by atoms with van der Waals surface area (Å²) in [6.07, 6.45) is 3.02. The third-order valence-corrected chi connectivity index (χ3v) is 2.08. The van der Waals surface area contributed by atoms with Gasteiger partial charge in [0.1, 0.15) is 5.70 Å². The largest absolute Gasteiger partial charge is 0.282 e. The minimum atomic E-state index is -0.323. The van der Waals surface area contributed by atoms with Crippen molar-refractivity contribution in [2.24, 2.45) is 15.2 Å². The molecule has 0 aromatic carbocycles. The van der Waals surface area contributed by atoms with E-state index in [9.17, 15) is 4.79 Å². The first-order chi connectivity index (χ1) is 6.86. The fourth-order valence-corrected chi connectivity index (χ4v) is 1.44. The Morgan fingerprint density at radius 1 is 1.29 bits per heavy atom. The van der Waals surface area contributed by atoms with Gasteiger partial charge in [-0.3, -0.25) is 4.79 Å². The van der Waals surface area contributed by atoms with E-state index >= 15 is 0 Å². The summed E-state index contributed by atoms with van der Waals surface area (Å²) < 4.78 is 0. The van der Waals surface area contributed by atoms with Crippen LogP contribution in [0.1, 0.15) is 0 Å². The van der Waals surface area contributed by atoms with Crippen LogP contribution in [0.25, 0.3) is 5.70 Å². The maximum Gasteiger partial charge on any atom is 0.282 e. The molecule has 0 N–H and O–H groups in total. The van der Waals surface area contributed by atoms with Crippen molar-refractivity contribution in [3.63, 3.8) is 0 Å². The van der Waals surface area contributed by atoms with E-state index in [0.29, 0.717) is 16.8 Å². The number of hydrogen-bond acceptors (Lipinski definition) is 4. The first-order valence-corrected chi connectivity index (χ1v) is 4.06. The molecule has 5 heteroatoms. The van der Waals surface area contributed by atoms with Crippen LogP contribution in [-0.4, -0.2) is 10.9 Å². The Kier molecular flexibility index (Phi) is 1.25. The first-order valence-electron chi connectivity index (χ1n) is 4.06. The summed E-state index contributed by atoms with van der Waals surface area (Å²) in [5.41, 5.74) is 1.45. The van der Waals surface area contributed by atoms with Gasteiger partial charge < -0.3 is 0 Å². The highest BCUT2D eigenvalue weighted by molar-refractivity contribution is 6.07. The van der Waals surface area contributed by atoms with E-state index in [-0.39, 0.29) is 5.91 Å². The maximum atomic E-state index is 11.4. The number of aromatic nitrogens is 1. The summed E-state index contributed by atoms with van der Waals surface area (Å²) >= 11 is 0. The van der Waals surface area contributed by atoms with Gasteiger partial charge in [-0.25, -0.2) is 4.98 Å². The molecule has 0 unspecified atom stereocenters. The summed E-state index contributed by atoms with van der Waals surface area (Å²) in [4.78, 5) is 19.2. The minimum Gasteiger partial charge on any atom is -0.267 e. The molecule has 0 atom stereocenters. The number of carbonyl (C=O) groups excluding carboxylic acids is 1. The van der Waals surface area contributed by atoms with Gasteiger partial charge in [0.15, 0.2) is 5.49 Å². The summed E-state index contributed by atoms with van der Waals surface area (Å²) in [6, 6.07) is 3.61. The molecule has 0 fully saturated rings.